The van der Waals surface area contributed by atoms with E-state index in [1.54, 1.807) is 0 Å². The predicted molar refractivity (Wildman–Crippen MR) is 85.7 cm³/mol. The largest absolute Gasteiger partial charge is 0.304 e. The van der Waals surface area contributed by atoms with Gasteiger partial charge in [0.05, 0.1) is 0 Å². The highest BCUT2D eigenvalue weighted by molar-refractivity contribution is 4.94. The third kappa shape index (κ3) is 4.19. The van der Waals surface area contributed by atoms with E-state index in [4.69, 9.17) is 0 Å². The summed E-state index contributed by atoms with van der Waals surface area (Å²) in [5.41, 5.74) is 0.592. The smallest absolute Gasteiger partial charge is 0.0124 e. The van der Waals surface area contributed by atoms with Crippen molar-refractivity contribution in [2.24, 2.45) is 5.41 Å². The van der Waals surface area contributed by atoms with E-state index in [9.17, 15) is 0 Å². The van der Waals surface area contributed by atoms with E-state index in [0.717, 1.165) is 6.04 Å². The normalized spacial score (nSPS) is 20.4. The van der Waals surface area contributed by atoms with Crippen LogP contribution in [0.5, 0.6) is 0 Å². The van der Waals surface area contributed by atoms with Crippen molar-refractivity contribution in [2.75, 3.05) is 32.7 Å². The van der Waals surface area contributed by atoms with Crippen molar-refractivity contribution >= 4 is 0 Å². The standard InChI is InChI=1S/C17H36N2/c1-6-18(7-2)15-14-17(12-10-11-13-17)16(5)19(8-3)9-4/h16H,6-15H2,1-5H3/t16-/m0/s1. The third-order valence-electron chi connectivity index (χ3n) is 5.67. The second kappa shape index (κ2) is 8.26. The molecule has 0 unspecified atom stereocenters. The molecule has 1 fully saturated rings. The van der Waals surface area contributed by atoms with Crippen molar-refractivity contribution < 1.29 is 0 Å². The summed E-state index contributed by atoms with van der Waals surface area (Å²) in [6.45, 7) is 17.8. The van der Waals surface area contributed by atoms with E-state index in [1.807, 2.05) is 0 Å². The van der Waals surface area contributed by atoms with Crippen molar-refractivity contribution in [1.82, 2.24) is 9.80 Å². The van der Waals surface area contributed by atoms with Gasteiger partial charge in [-0.25, -0.2) is 0 Å². The van der Waals surface area contributed by atoms with Crippen molar-refractivity contribution in [3.63, 3.8) is 0 Å². The average molecular weight is 268 g/mol. The lowest BCUT2D eigenvalue weighted by atomic mass is 9.75. The second-order valence-corrected chi connectivity index (χ2v) is 6.24. The summed E-state index contributed by atoms with van der Waals surface area (Å²) in [7, 11) is 0. The molecule has 1 aliphatic rings. The number of rotatable bonds is 9. The van der Waals surface area contributed by atoms with Gasteiger partial charge in [0.2, 0.25) is 0 Å². The number of nitrogens with zero attached hydrogens (tertiary/aromatic N) is 2. The molecule has 0 spiro atoms. The van der Waals surface area contributed by atoms with Crippen LogP contribution in [-0.2, 0) is 0 Å². The highest BCUT2D eigenvalue weighted by Crippen LogP contribution is 2.45. The first-order chi connectivity index (χ1) is 9.13. The Morgan fingerprint density at radius 1 is 0.895 bits per heavy atom. The quantitative estimate of drug-likeness (QED) is 0.623. The molecule has 0 heterocycles. The molecular weight excluding hydrogens is 232 g/mol. The molecule has 1 saturated carbocycles. The molecule has 1 aliphatic carbocycles. The lowest BCUT2D eigenvalue weighted by molar-refractivity contribution is 0.0673. The summed E-state index contributed by atoms with van der Waals surface area (Å²) >= 11 is 0. The molecule has 0 aromatic rings. The monoisotopic (exact) mass is 268 g/mol. The molecule has 0 N–H and O–H groups in total. The van der Waals surface area contributed by atoms with E-state index in [2.05, 4.69) is 44.4 Å². The van der Waals surface area contributed by atoms with Crippen LogP contribution in [0.1, 0.15) is 66.7 Å². The summed E-state index contributed by atoms with van der Waals surface area (Å²) in [5, 5.41) is 0. The zero-order valence-corrected chi connectivity index (χ0v) is 14.0. The summed E-state index contributed by atoms with van der Waals surface area (Å²) in [6.07, 6.45) is 7.19. The lowest BCUT2D eigenvalue weighted by Crippen LogP contribution is -2.46. The van der Waals surface area contributed by atoms with E-state index < -0.39 is 0 Å². The molecule has 0 saturated heterocycles. The fourth-order valence-corrected chi connectivity index (χ4v) is 4.04. The van der Waals surface area contributed by atoms with Crippen LogP contribution in [-0.4, -0.2) is 48.6 Å². The Bertz CT molecular complexity index is 225. The minimum absolute atomic E-state index is 0.592. The van der Waals surface area contributed by atoms with Crippen LogP contribution >= 0.6 is 0 Å². The molecule has 2 heteroatoms. The second-order valence-electron chi connectivity index (χ2n) is 6.24. The molecule has 1 rings (SSSR count). The Balaban J connectivity index is 2.68. The summed E-state index contributed by atoms with van der Waals surface area (Å²) in [6, 6.07) is 0.751. The van der Waals surface area contributed by atoms with Crippen molar-refractivity contribution in [3.05, 3.63) is 0 Å². The topological polar surface area (TPSA) is 6.48 Å². The molecular formula is C17H36N2. The van der Waals surface area contributed by atoms with Gasteiger partial charge in [-0.2, -0.15) is 0 Å². The van der Waals surface area contributed by atoms with Crippen LogP contribution in [0.2, 0.25) is 0 Å². The van der Waals surface area contributed by atoms with Crippen LogP contribution in [0, 0.1) is 5.41 Å². The van der Waals surface area contributed by atoms with Gasteiger partial charge < -0.3 is 9.80 Å². The highest BCUT2D eigenvalue weighted by atomic mass is 15.2. The third-order valence-corrected chi connectivity index (χ3v) is 5.67. The SMILES string of the molecule is CCN(CC)CCC1([C@H](C)N(CC)CC)CCCC1. The molecule has 0 aliphatic heterocycles. The predicted octanol–water partition coefficient (Wildman–Crippen LogP) is 4.01. The van der Waals surface area contributed by atoms with E-state index in [-0.39, 0.29) is 0 Å². The van der Waals surface area contributed by atoms with Gasteiger partial charge in [0, 0.05) is 6.04 Å². The lowest BCUT2D eigenvalue weighted by Gasteiger charge is -2.43. The van der Waals surface area contributed by atoms with E-state index >= 15 is 0 Å². The van der Waals surface area contributed by atoms with Crippen molar-refractivity contribution in [2.45, 2.75) is 72.8 Å². The van der Waals surface area contributed by atoms with Gasteiger partial charge in [-0.1, -0.05) is 40.5 Å². The zero-order chi connectivity index (χ0) is 14.3. The molecule has 114 valence electrons. The van der Waals surface area contributed by atoms with Gasteiger partial charge in [0.15, 0.2) is 0 Å². The summed E-state index contributed by atoms with van der Waals surface area (Å²) in [4.78, 5) is 5.27. The van der Waals surface area contributed by atoms with Gasteiger partial charge in [-0.05, 0) is 64.3 Å². The first-order valence-electron chi connectivity index (χ1n) is 8.59. The zero-order valence-electron chi connectivity index (χ0n) is 14.0. The Morgan fingerprint density at radius 3 is 1.84 bits per heavy atom. The summed E-state index contributed by atoms with van der Waals surface area (Å²) in [5.74, 6) is 0. The van der Waals surface area contributed by atoms with Gasteiger partial charge >= 0.3 is 0 Å². The van der Waals surface area contributed by atoms with Crippen LogP contribution in [0.3, 0.4) is 0 Å². The maximum absolute atomic E-state index is 2.67. The van der Waals surface area contributed by atoms with Crippen LogP contribution in [0.25, 0.3) is 0 Å². The molecule has 0 aromatic heterocycles. The van der Waals surface area contributed by atoms with Gasteiger partial charge in [-0.15, -0.1) is 0 Å². The minimum atomic E-state index is 0.592. The summed E-state index contributed by atoms with van der Waals surface area (Å²) < 4.78 is 0. The van der Waals surface area contributed by atoms with Gasteiger partial charge in [0.25, 0.3) is 0 Å². The molecule has 19 heavy (non-hydrogen) atoms. The average Bonchev–Trinajstić information content (AvgIpc) is 2.91. The van der Waals surface area contributed by atoms with Crippen LogP contribution in [0.4, 0.5) is 0 Å². The molecule has 0 radical (unpaired) electrons. The number of hydrogen-bond donors (Lipinski definition) is 0. The fourth-order valence-electron chi connectivity index (χ4n) is 4.04. The maximum atomic E-state index is 2.67. The van der Waals surface area contributed by atoms with Crippen molar-refractivity contribution in [1.29, 1.82) is 0 Å². The minimum Gasteiger partial charge on any atom is -0.304 e. The fraction of sp³-hybridized carbons (Fsp3) is 1.00. The van der Waals surface area contributed by atoms with E-state index in [1.165, 1.54) is 64.8 Å². The molecule has 2 nitrogen and oxygen atoms in total. The molecule has 0 amide bonds. The first kappa shape index (κ1) is 17.0. The van der Waals surface area contributed by atoms with E-state index in [0.29, 0.717) is 5.41 Å². The number of hydrogen-bond acceptors (Lipinski definition) is 2. The Hall–Kier alpha value is -0.0800. The Morgan fingerprint density at radius 2 is 1.42 bits per heavy atom. The van der Waals surface area contributed by atoms with Gasteiger partial charge in [-0.3, -0.25) is 0 Å². The maximum Gasteiger partial charge on any atom is 0.0124 e. The molecule has 1 atom stereocenters. The highest BCUT2D eigenvalue weighted by Gasteiger charge is 2.40. The van der Waals surface area contributed by atoms with Crippen LogP contribution < -0.4 is 0 Å². The van der Waals surface area contributed by atoms with Crippen molar-refractivity contribution in [3.8, 4) is 0 Å². The Labute approximate surface area is 121 Å². The first-order valence-corrected chi connectivity index (χ1v) is 8.59. The molecule has 0 bridgehead atoms. The van der Waals surface area contributed by atoms with Crippen LogP contribution in [0.15, 0.2) is 0 Å². The molecule has 0 aromatic carbocycles. The van der Waals surface area contributed by atoms with Gasteiger partial charge in [0.1, 0.15) is 0 Å². The Kier molecular flexibility index (Phi) is 7.38.